The summed E-state index contributed by atoms with van der Waals surface area (Å²) in [5.74, 6) is 0. The van der Waals surface area contributed by atoms with Gasteiger partial charge in [0.25, 0.3) is 0 Å². The third-order valence-corrected chi connectivity index (χ3v) is 2.76. The van der Waals surface area contributed by atoms with Gasteiger partial charge in [0.15, 0.2) is 0 Å². The molecule has 2 nitrogen and oxygen atoms in total. The van der Waals surface area contributed by atoms with Gasteiger partial charge in [-0.3, -0.25) is 0 Å². The fourth-order valence-electron chi connectivity index (χ4n) is 1.66. The van der Waals surface area contributed by atoms with Crippen LogP contribution in [0, 0.1) is 0 Å². The Morgan fingerprint density at radius 1 is 1.46 bits per heavy atom. The molecule has 76 valence electrons. The fourth-order valence-corrected chi connectivity index (χ4v) is 1.66. The van der Waals surface area contributed by atoms with Crippen LogP contribution in [0.4, 0.5) is 0 Å². The molecule has 0 aromatic carbocycles. The average Bonchev–Trinajstić information content (AvgIpc) is 2.16. The van der Waals surface area contributed by atoms with Crippen molar-refractivity contribution >= 4 is 0 Å². The van der Waals surface area contributed by atoms with Gasteiger partial charge in [-0.05, 0) is 19.3 Å². The first-order valence-electron chi connectivity index (χ1n) is 5.28. The Morgan fingerprint density at radius 2 is 2.15 bits per heavy atom. The molecule has 0 radical (unpaired) electrons. The zero-order valence-electron chi connectivity index (χ0n) is 8.59. The van der Waals surface area contributed by atoms with Crippen molar-refractivity contribution in [2.24, 2.45) is 5.73 Å². The fraction of sp³-hybridized carbons (Fsp3) is 0.818. The van der Waals surface area contributed by atoms with Crippen molar-refractivity contribution in [1.29, 1.82) is 0 Å². The molecular weight excluding hydrogens is 162 g/mol. The first-order chi connectivity index (χ1) is 6.24. The van der Waals surface area contributed by atoms with Crippen LogP contribution in [0.1, 0.15) is 39.0 Å². The average molecular weight is 183 g/mol. The summed E-state index contributed by atoms with van der Waals surface area (Å²) in [6, 6.07) is 0.249. The number of nitrogens with two attached hydrogens (primary N) is 1. The minimum absolute atomic E-state index is 0.249. The first-order valence-corrected chi connectivity index (χ1v) is 5.28. The minimum atomic E-state index is 0.249. The summed E-state index contributed by atoms with van der Waals surface area (Å²) >= 11 is 0. The number of ether oxygens (including phenoxy) is 1. The molecule has 1 aliphatic carbocycles. The SMILES string of the molecule is C=C(CC)COC1CCCCC1N. The van der Waals surface area contributed by atoms with E-state index in [0.717, 1.165) is 24.8 Å². The Kier molecular flexibility index (Phi) is 4.46. The summed E-state index contributed by atoms with van der Waals surface area (Å²) in [5.41, 5.74) is 7.12. The van der Waals surface area contributed by atoms with Gasteiger partial charge in [0.1, 0.15) is 0 Å². The number of rotatable bonds is 4. The predicted octanol–water partition coefficient (Wildman–Crippen LogP) is 2.24. The normalized spacial score (nSPS) is 28.8. The van der Waals surface area contributed by atoms with Gasteiger partial charge in [-0.15, -0.1) is 0 Å². The molecule has 0 spiro atoms. The van der Waals surface area contributed by atoms with Crippen molar-refractivity contribution in [3.05, 3.63) is 12.2 Å². The minimum Gasteiger partial charge on any atom is -0.372 e. The second kappa shape index (κ2) is 5.40. The highest BCUT2D eigenvalue weighted by atomic mass is 16.5. The van der Waals surface area contributed by atoms with Gasteiger partial charge in [0, 0.05) is 6.04 Å². The zero-order valence-corrected chi connectivity index (χ0v) is 8.59. The van der Waals surface area contributed by atoms with Crippen LogP contribution >= 0.6 is 0 Å². The van der Waals surface area contributed by atoms with E-state index in [1.807, 2.05) is 0 Å². The van der Waals surface area contributed by atoms with Crippen LogP contribution in [0.25, 0.3) is 0 Å². The second-order valence-electron chi connectivity index (χ2n) is 3.90. The highest BCUT2D eigenvalue weighted by molar-refractivity contribution is 4.93. The molecule has 0 amide bonds. The maximum Gasteiger partial charge on any atom is 0.0730 e. The van der Waals surface area contributed by atoms with Gasteiger partial charge < -0.3 is 10.5 Å². The third kappa shape index (κ3) is 3.49. The summed E-state index contributed by atoms with van der Waals surface area (Å²) < 4.78 is 5.72. The molecule has 2 N–H and O–H groups in total. The monoisotopic (exact) mass is 183 g/mol. The molecule has 1 rings (SSSR count). The van der Waals surface area contributed by atoms with E-state index in [2.05, 4.69) is 13.5 Å². The molecule has 0 aromatic heterocycles. The Morgan fingerprint density at radius 3 is 2.77 bits per heavy atom. The lowest BCUT2D eigenvalue weighted by molar-refractivity contribution is 0.0277. The molecule has 0 bridgehead atoms. The Balaban J connectivity index is 2.22. The molecule has 1 fully saturated rings. The molecule has 0 saturated heterocycles. The molecule has 1 aliphatic rings. The Labute approximate surface area is 81.1 Å². The van der Waals surface area contributed by atoms with Crippen LogP contribution in [0.15, 0.2) is 12.2 Å². The summed E-state index contributed by atoms with van der Waals surface area (Å²) in [7, 11) is 0. The van der Waals surface area contributed by atoms with Crippen LogP contribution < -0.4 is 5.73 Å². The summed E-state index contributed by atoms with van der Waals surface area (Å²) in [6.07, 6.45) is 6.04. The number of hydrogen-bond donors (Lipinski definition) is 1. The van der Waals surface area contributed by atoms with E-state index in [-0.39, 0.29) is 12.1 Å². The van der Waals surface area contributed by atoms with Crippen molar-refractivity contribution in [3.63, 3.8) is 0 Å². The Bertz CT molecular complexity index is 167. The van der Waals surface area contributed by atoms with Gasteiger partial charge >= 0.3 is 0 Å². The highest BCUT2D eigenvalue weighted by Crippen LogP contribution is 2.20. The molecule has 2 heteroatoms. The second-order valence-corrected chi connectivity index (χ2v) is 3.90. The third-order valence-electron chi connectivity index (χ3n) is 2.76. The highest BCUT2D eigenvalue weighted by Gasteiger charge is 2.21. The largest absolute Gasteiger partial charge is 0.372 e. The number of hydrogen-bond acceptors (Lipinski definition) is 2. The maximum atomic E-state index is 5.95. The predicted molar refractivity (Wildman–Crippen MR) is 55.6 cm³/mol. The van der Waals surface area contributed by atoms with E-state index >= 15 is 0 Å². The molecule has 0 aliphatic heterocycles. The van der Waals surface area contributed by atoms with Crippen LogP contribution in [-0.2, 0) is 4.74 Å². The molecule has 13 heavy (non-hydrogen) atoms. The molecule has 0 aromatic rings. The van der Waals surface area contributed by atoms with Crippen LogP contribution in [0.5, 0.6) is 0 Å². The van der Waals surface area contributed by atoms with Crippen LogP contribution in [-0.4, -0.2) is 18.8 Å². The smallest absolute Gasteiger partial charge is 0.0730 e. The summed E-state index contributed by atoms with van der Waals surface area (Å²) in [6.45, 7) is 6.71. The van der Waals surface area contributed by atoms with E-state index in [4.69, 9.17) is 10.5 Å². The standard InChI is InChI=1S/C11H21NO/c1-3-9(2)8-13-11-7-5-4-6-10(11)12/h10-11H,2-8,12H2,1H3. The topological polar surface area (TPSA) is 35.2 Å². The quantitative estimate of drug-likeness (QED) is 0.678. The van der Waals surface area contributed by atoms with E-state index in [1.54, 1.807) is 0 Å². The van der Waals surface area contributed by atoms with E-state index in [0.29, 0.717) is 6.61 Å². The van der Waals surface area contributed by atoms with Crippen LogP contribution in [0.3, 0.4) is 0 Å². The zero-order chi connectivity index (χ0) is 9.68. The van der Waals surface area contributed by atoms with Crippen molar-refractivity contribution in [2.45, 2.75) is 51.2 Å². The van der Waals surface area contributed by atoms with Gasteiger partial charge in [0.05, 0.1) is 12.7 Å². The van der Waals surface area contributed by atoms with Crippen molar-refractivity contribution in [3.8, 4) is 0 Å². The van der Waals surface area contributed by atoms with Crippen molar-refractivity contribution < 1.29 is 4.74 Å². The molecule has 2 unspecified atom stereocenters. The molecule has 0 heterocycles. The molecule has 2 atom stereocenters. The maximum absolute atomic E-state index is 5.95. The van der Waals surface area contributed by atoms with Gasteiger partial charge in [-0.25, -0.2) is 0 Å². The van der Waals surface area contributed by atoms with E-state index in [1.165, 1.54) is 12.8 Å². The van der Waals surface area contributed by atoms with Gasteiger partial charge in [-0.2, -0.15) is 0 Å². The first kappa shape index (κ1) is 10.7. The Hall–Kier alpha value is -0.340. The van der Waals surface area contributed by atoms with E-state index < -0.39 is 0 Å². The lowest BCUT2D eigenvalue weighted by Gasteiger charge is -2.28. The van der Waals surface area contributed by atoms with Crippen molar-refractivity contribution in [2.75, 3.05) is 6.61 Å². The molecular formula is C11H21NO. The lowest BCUT2D eigenvalue weighted by atomic mass is 9.93. The van der Waals surface area contributed by atoms with Crippen LogP contribution in [0.2, 0.25) is 0 Å². The van der Waals surface area contributed by atoms with Crippen molar-refractivity contribution in [1.82, 2.24) is 0 Å². The van der Waals surface area contributed by atoms with Gasteiger partial charge in [-0.1, -0.05) is 31.9 Å². The molecule has 1 saturated carbocycles. The lowest BCUT2D eigenvalue weighted by Crippen LogP contribution is -2.39. The van der Waals surface area contributed by atoms with Gasteiger partial charge in [0.2, 0.25) is 0 Å². The van der Waals surface area contributed by atoms with E-state index in [9.17, 15) is 0 Å². The summed E-state index contributed by atoms with van der Waals surface area (Å²) in [4.78, 5) is 0. The summed E-state index contributed by atoms with van der Waals surface area (Å²) in [5, 5.41) is 0.